The van der Waals surface area contributed by atoms with Gasteiger partial charge in [-0.1, -0.05) is 31.2 Å². The molecule has 37 heavy (non-hydrogen) atoms. The number of carbonyl (C=O) groups is 1. The van der Waals surface area contributed by atoms with Crippen LogP contribution in [0.1, 0.15) is 41.2 Å². The molecule has 12 heteroatoms. The van der Waals surface area contributed by atoms with Gasteiger partial charge >= 0.3 is 5.91 Å². The summed E-state index contributed by atoms with van der Waals surface area (Å²) in [5, 5.41) is 16.6. The molecular formula is C25H30F2N4O5S. The number of aliphatic hydroxyl groups excluding tert-OH is 1. The van der Waals surface area contributed by atoms with Crippen molar-refractivity contribution in [2.75, 3.05) is 17.0 Å². The Morgan fingerprint density at radius 3 is 2.46 bits per heavy atom. The van der Waals surface area contributed by atoms with Crippen molar-refractivity contribution in [3.8, 4) is 0 Å². The number of anilines is 1. The molecular weight excluding hydrogens is 506 g/mol. The maximum Gasteiger partial charge on any atom is 0.307 e. The zero-order chi connectivity index (χ0) is 27.0. The Hall–Kier alpha value is -3.35. The average Bonchev–Trinajstić information content (AvgIpc) is 3.31. The normalized spacial score (nSPS) is 13.2. The quantitative estimate of drug-likeness (QED) is 0.264. The second kappa shape index (κ2) is 12.7. The zero-order valence-electron chi connectivity index (χ0n) is 20.5. The topological polar surface area (TPSA) is 134 Å². The summed E-state index contributed by atoms with van der Waals surface area (Å²) in [5.74, 6) is -3.23. The van der Waals surface area contributed by atoms with Crippen LogP contribution in [0.15, 0.2) is 53.1 Å². The lowest BCUT2D eigenvalue weighted by molar-refractivity contribution is 0.0798. The van der Waals surface area contributed by atoms with Crippen molar-refractivity contribution in [1.82, 2.24) is 15.6 Å². The van der Waals surface area contributed by atoms with Gasteiger partial charge in [-0.2, -0.15) is 4.98 Å². The number of hydrogen-bond donors (Lipinski definition) is 4. The summed E-state index contributed by atoms with van der Waals surface area (Å²) < 4.78 is 58.2. The van der Waals surface area contributed by atoms with Crippen LogP contribution in [0, 0.1) is 11.6 Å². The monoisotopic (exact) mass is 536 g/mol. The SMILES string of the molecule is CCc1cccc(CNC[C@H](O)[C@H](Cc2cc(F)cc(F)c2)NC(=O)c2nc(NS(=O)(=O)CC)co2)c1. The van der Waals surface area contributed by atoms with Crippen molar-refractivity contribution in [1.29, 1.82) is 0 Å². The number of halogens is 2. The number of nitrogens with zero attached hydrogens (tertiary/aromatic N) is 1. The molecule has 0 bridgehead atoms. The van der Waals surface area contributed by atoms with Gasteiger partial charge in [0.1, 0.15) is 17.9 Å². The second-order valence-electron chi connectivity index (χ2n) is 8.48. The number of sulfonamides is 1. The van der Waals surface area contributed by atoms with Crippen molar-refractivity contribution >= 4 is 21.7 Å². The molecule has 9 nitrogen and oxygen atoms in total. The Morgan fingerprint density at radius 1 is 1.08 bits per heavy atom. The number of hydrogen-bond acceptors (Lipinski definition) is 7. The number of aryl methyl sites for hydroxylation is 1. The summed E-state index contributed by atoms with van der Waals surface area (Å²) in [6, 6.07) is 9.92. The van der Waals surface area contributed by atoms with Crippen LogP contribution in [0.25, 0.3) is 0 Å². The molecule has 1 aromatic heterocycles. The van der Waals surface area contributed by atoms with Crippen LogP contribution in [0.2, 0.25) is 0 Å². The fourth-order valence-corrected chi connectivity index (χ4v) is 4.18. The third kappa shape index (κ3) is 8.62. The summed E-state index contributed by atoms with van der Waals surface area (Å²) in [6.45, 7) is 4.01. The average molecular weight is 537 g/mol. The molecule has 0 unspecified atom stereocenters. The molecule has 0 saturated carbocycles. The Balaban J connectivity index is 1.71. The van der Waals surface area contributed by atoms with E-state index in [1.807, 2.05) is 24.3 Å². The maximum absolute atomic E-state index is 13.7. The number of aromatic nitrogens is 1. The first kappa shape index (κ1) is 28.2. The largest absolute Gasteiger partial charge is 0.439 e. The van der Waals surface area contributed by atoms with Gasteiger partial charge in [0.15, 0.2) is 5.82 Å². The van der Waals surface area contributed by atoms with Crippen LogP contribution in [-0.2, 0) is 29.4 Å². The van der Waals surface area contributed by atoms with Crippen LogP contribution >= 0.6 is 0 Å². The van der Waals surface area contributed by atoms with Gasteiger partial charge < -0.3 is 20.2 Å². The lowest BCUT2D eigenvalue weighted by Gasteiger charge is -2.24. The highest BCUT2D eigenvalue weighted by Gasteiger charge is 2.25. The minimum atomic E-state index is -3.63. The predicted octanol–water partition coefficient (Wildman–Crippen LogP) is 2.77. The second-order valence-corrected chi connectivity index (χ2v) is 10.5. The lowest BCUT2D eigenvalue weighted by Crippen LogP contribution is -2.48. The van der Waals surface area contributed by atoms with Crippen LogP contribution in [0.3, 0.4) is 0 Å². The number of amides is 1. The minimum absolute atomic E-state index is 0.0617. The van der Waals surface area contributed by atoms with Crippen LogP contribution < -0.4 is 15.4 Å². The number of carbonyl (C=O) groups excluding carboxylic acids is 1. The van der Waals surface area contributed by atoms with E-state index in [2.05, 4.69) is 27.3 Å². The molecule has 0 fully saturated rings. The van der Waals surface area contributed by atoms with Gasteiger partial charge in [-0.3, -0.25) is 9.52 Å². The summed E-state index contributed by atoms with van der Waals surface area (Å²) in [5.41, 5.74) is 2.41. The van der Waals surface area contributed by atoms with Crippen LogP contribution in [0.4, 0.5) is 14.6 Å². The van der Waals surface area contributed by atoms with Gasteiger partial charge in [0.2, 0.25) is 10.0 Å². The first-order chi connectivity index (χ1) is 17.6. The standard InChI is InChI=1S/C25H30F2N4O5S/c1-3-16-6-5-7-17(8-16)13-28-14-22(32)21(11-18-9-19(26)12-20(27)10-18)29-24(33)25-30-23(15-36-25)31-37(34,35)4-2/h5-10,12,15,21-22,28,31-32H,3-4,11,13-14H2,1-2H3,(H,29,33)/t21-,22-/m0/s1. The van der Waals surface area contributed by atoms with Gasteiger partial charge in [0.05, 0.1) is 17.9 Å². The molecule has 0 spiro atoms. The summed E-state index contributed by atoms with van der Waals surface area (Å²) in [6.07, 6.45) is 0.612. The Labute approximate surface area is 214 Å². The number of oxazole rings is 1. The van der Waals surface area contributed by atoms with Gasteiger partial charge in [0.25, 0.3) is 5.89 Å². The molecule has 0 aliphatic heterocycles. The number of benzene rings is 2. The van der Waals surface area contributed by atoms with E-state index in [9.17, 15) is 27.1 Å². The molecule has 3 aromatic rings. The molecule has 0 saturated heterocycles. The molecule has 200 valence electrons. The third-order valence-corrected chi connectivity index (χ3v) is 6.86. The van der Waals surface area contributed by atoms with E-state index in [-0.39, 0.29) is 30.1 Å². The summed E-state index contributed by atoms with van der Waals surface area (Å²) >= 11 is 0. The van der Waals surface area contributed by atoms with E-state index < -0.39 is 45.6 Å². The van der Waals surface area contributed by atoms with Crippen molar-refractivity contribution in [3.63, 3.8) is 0 Å². The molecule has 2 atom stereocenters. The summed E-state index contributed by atoms with van der Waals surface area (Å²) in [4.78, 5) is 16.6. The highest BCUT2D eigenvalue weighted by atomic mass is 32.2. The van der Waals surface area contributed by atoms with E-state index in [4.69, 9.17) is 4.42 Å². The molecule has 1 heterocycles. The molecule has 1 amide bonds. The van der Waals surface area contributed by atoms with Gasteiger partial charge in [-0.25, -0.2) is 17.2 Å². The number of aliphatic hydroxyl groups is 1. The predicted molar refractivity (Wildman–Crippen MR) is 134 cm³/mol. The zero-order valence-corrected chi connectivity index (χ0v) is 21.3. The first-order valence-corrected chi connectivity index (χ1v) is 13.4. The molecule has 3 rings (SSSR count). The van der Waals surface area contributed by atoms with Crippen LogP contribution in [0.5, 0.6) is 0 Å². The molecule has 4 N–H and O–H groups in total. The smallest absolute Gasteiger partial charge is 0.307 e. The van der Waals surface area contributed by atoms with E-state index >= 15 is 0 Å². The molecule has 0 aliphatic carbocycles. The van der Waals surface area contributed by atoms with Crippen molar-refractivity contribution < 1.29 is 31.5 Å². The minimum Gasteiger partial charge on any atom is -0.439 e. The van der Waals surface area contributed by atoms with E-state index in [1.165, 1.54) is 12.5 Å². The third-order valence-electron chi connectivity index (χ3n) is 5.58. The van der Waals surface area contributed by atoms with Crippen molar-refractivity contribution in [3.05, 3.63) is 82.9 Å². The summed E-state index contributed by atoms with van der Waals surface area (Å²) in [7, 11) is -3.63. The number of rotatable bonds is 13. The first-order valence-electron chi connectivity index (χ1n) is 11.8. The highest BCUT2D eigenvalue weighted by Crippen LogP contribution is 2.14. The van der Waals surface area contributed by atoms with E-state index in [0.717, 1.165) is 36.4 Å². The Kier molecular flexibility index (Phi) is 9.73. The Morgan fingerprint density at radius 2 is 1.78 bits per heavy atom. The highest BCUT2D eigenvalue weighted by molar-refractivity contribution is 7.92. The van der Waals surface area contributed by atoms with E-state index in [1.54, 1.807) is 0 Å². The fourth-order valence-electron chi connectivity index (χ4n) is 3.62. The van der Waals surface area contributed by atoms with E-state index in [0.29, 0.717) is 6.54 Å². The van der Waals surface area contributed by atoms with Crippen molar-refractivity contribution in [2.45, 2.75) is 45.4 Å². The van der Waals surface area contributed by atoms with Gasteiger partial charge in [0, 0.05) is 19.2 Å². The maximum atomic E-state index is 13.7. The van der Waals surface area contributed by atoms with Crippen molar-refractivity contribution in [2.24, 2.45) is 0 Å². The Bertz CT molecular complexity index is 1300. The molecule has 0 aliphatic rings. The number of nitrogens with one attached hydrogen (secondary N) is 3. The fraction of sp³-hybridized carbons (Fsp3) is 0.360. The van der Waals surface area contributed by atoms with Gasteiger partial charge in [-0.05, 0) is 48.6 Å². The molecule has 2 aromatic carbocycles. The van der Waals surface area contributed by atoms with Crippen LogP contribution in [-0.4, -0.2) is 48.9 Å². The lowest BCUT2D eigenvalue weighted by atomic mass is 10.0. The van der Waals surface area contributed by atoms with Gasteiger partial charge in [-0.15, -0.1) is 0 Å². The molecule has 0 radical (unpaired) electrons.